The van der Waals surface area contributed by atoms with Gasteiger partial charge in [-0.2, -0.15) is 16.8 Å². The van der Waals surface area contributed by atoms with Crippen LogP contribution in [0.4, 0.5) is 0 Å². The van der Waals surface area contributed by atoms with Gasteiger partial charge in [-0.1, -0.05) is 8.67 Å². The van der Waals surface area contributed by atoms with Crippen LogP contribution in [-0.4, -0.2) is 39.3 Å². The number of rotatable bonds is 3. The van der Waals surface area contributed by atoms with Crippen LogP contribution in [0, 0.1) is 0 Å². The fourth-order valence-corrected chi connectivity index (χ4v) is 0.632. The predicted molar refractivity (Wildman–Crippen MR) is 42.3 cm³/mol. The van der Waals surface area contributed by atoms with Gasteiger partial charge in [-0.25, -0.2) is 0 Å². The first-order valence-electron chi connectivity index (χ1n) is 2.20. The van der Waals surface area contributed by atoms with E-state index in [0.29, 0.717) is 0 Å². The maximum absolute atomic E-state index is 9.51. The van der Waals surface area contributed by atoms with E-state index in [2.05, 4.69) is 19.9 Å². The smallest absolute Gasteiger partial charge is 0.780 e. The first-order valence-corrected chi connectivity index (χ1v) is 7.26. The summed E-state index contributed by atoms with van der Waals surface area (Å²) in [4.78, 5) is 0. The van der Waals surface area contributed by atoms with Gasteiger partial charge in [-0.05, 0) is 11.2 Å². The van der Waals surface area contributed by atoms with Crippen molar-refractivity contribution in [2.24, 2.45) is 0 Å². The van der Waals surface area contributed by atoms with Crippen LogP contribution >= 0.6 is 0 Å². The van der Waals surface area contributed by atoms with Crippen molar-refractivity contribution < 1.29 is 151 Å². The summed E-state index contributed by atoms with van der Waals surface area (Å²) in [6.07, 6.45) is 0. The molecule has 94 valence electrons. The van der Waals surface area contributed by atoms with Crippen molar-refractivity contribution in [2.75, 3.05) is 0 Å². The number of hydrogen-bond acceptors (Lipinski definition) is 10. The van der Waals surface area contributed by atoms with Crippen molar-refractivity contribution in [3.8, 4) is 0 Å². The third kappa shape index (κ3) is 54.4. The minimum Gasteiger partial charge on any atom is -0.780 e. The molecule has 0 spiro atoms. The van der Waals surface area contributed by atoms with Crippen molar-refractivity contribution >= 4 is 41.0 Å². The second kappa shape index (κ2) is 11.9. The Morgan fingerprint density at radius 3 is 1.00 bits per heavy atom. The van der Waals surface area contributed by atoms with E-state index in [0.717, 1.165) is 0 Å². The van der Waals surface area contributed by atoms with E-state index in [9.17, 15) is 16.8 Å². The monoisotopic (exact) mass is 384 g/mol. The molecule has 0 aliphatic carbocycles. The molecule has 0 bridgehead atoms. The molecule has 17 heteroatoms. The standard InChI is InChI=1S/2K.H2O8S2.H2O3S2/c;;1-9(2,3)7-8-10(4,5)6;1-5(2,3)4/h;;(H,1,2,3)(H,4,5,6);(H2,1,2,3,4)/q2*+1;;/p-2. The molecule has 0 saturated carbocycles. The molecule has 0 aromatic heterocycles. The maximum Gasteiger partial charge on any atom is 1.00 e. The molecule has 2 N–H and O–H groups in total. The zero-order chi connectivity index (χ0) is 12.9. The van der Waals surface area contributed by atoms with Gasteiger partial charge >= 0.3 is 124 Å². The van der Waals surface area contributed by atoms with Gasteiger partial charge in [0.15, 0.2) is 0 Å². The van der Waals surface area contributed by atoms with Gasteiger partial charge in [-0.15, -0.1) is 9.05 Å². The second-order valence-electron chi connectivity index (χ2n) is 1.40. The van der Waals surface area contributed by atoms with Crippen LogP contribution in [0.15, 0.2) is 0 Å². The molecule has 0 radical (unpaired) electrons. The number of hydrogen-bond donors (Lipinski definition) is 2. The molecule has 0 saturated heterocycles. The normalized spacial score (nSPS) is 11.3. The van der Waals surface area contributed by atoms with E-state index in [1.54, 1.807) is 0 Å². The molecule has 0 aromatic carbocycles. The average Bonchev–Trinajstić information content (AvgIpc) is 1.76. The Labute approximate surface area is 187 Å². The van der Waals surface area contributed by atoms with E-state index in [1.807, 2.05) is 0 Å². The zero-order valence-electron chi connectivity index (χ0n) is 8.20. The van der Waals surface area contributed by atoms with Gasteiger partial charge in [0.25, 0.3) is 0 Å². The summed E-state index contributed by atoms with van der Waals surface area (Å²) in [5.41, 5.74) is 0. The average molecular weight is 384 g/mol. The maximum atomic E-state index is 9.51. The fourth-order valence-electron chi connectivity index (χ4n) is 0.0702. The molecule has 0 fully saturated rings. The van der Waals surface area contributed by atoms with E-state index < -0.39 is 29.9 Å². The molecule has 0 aliphatic heterocycles. The first kappa shape index (κ1) is 28.5. The van der Waals surface area contributed by atoms with E-state index >= 15 is 0 Å². The molecular formula is H2K2O11S4. The van der Waals surface area contributed by atoms with Crippen LogP contribution in [0.2, 0.25) is 0 Å². The van der Waals surface area contributed by atoms with Gasteiger partial charge in [0.1, 0.15) is 0 Å². The summed E-state index contributed by atoms with van der Waals surface area (Å²) in [6, 6.07) is 0. The molecule has 0 rings (SSSR count). The molecule has 0 aliphatic rings. The Bertz CT molecular complexity index is 426. The topological polar surface area (TPSA) is 190 Å². The predicted octanol–water partition coefficient (Wildman–Crippen LogP) is -8.46. The minimum absolute atomic E-state index is 0. The van der Waals surface area contributed by atoms with Gasteiger partial charge in [0, 0.05) is 0 Å². The minimum atomic E-state index is -5.02. The van der Waals surface area contributed by atoms with Gasteiger partial charge in [0.2, 0.25) is 0 Å². The summed E-state index contributed by atoms with van der Waals surface area (Å²) in [7, 11) is -14.4. The van der Waals surface area contributed by atoms with Crippen LogP contribution < -0.4 is 103 Å². The molecule has 0 heterocycles. The molecule has 0 atom stereocenters. The van der Waals surface area contributed by atoms with Crippen LogP contribution in [0.3, 0.4) is 0 Å². The molecule has 0 unspecified atom stereocenters. The third-order valence-electron chi connectivity index (χ3n) is 0.200. The largest absolute Gasteiger partial charge is 1.00 e. The van der Waals surface area contributed by atoms with Crippen LogP contribution in [0.25, 0.3) is 0 Å². The quantitative estimate of drug-likeness (QED) is 0.202. The van der Waals surface area contributed by atoms with Gasteiger partial charge in [-0.3, -0.25) is 13.3 Å². The van der Waals surface area contributed by atoms with Crippen molar-refractivity contribution in [3.05, 3.63) is 0 Å². The summed E-state index contributed by atoms with van der Waals surface area (Å²) in [5, 5.41) is 0. The summed E-state index contributed by atoms with van der Waals surface area (Å²) in [6.45, 7) is 0. The van der Waals surface area contributed by atoms with Crippen LogP contribution in [0.1, 0.15) is 0 Å². The SMILES string of the molecule is O=S(=O)(O)OOS(=O)(=O)O.O=S([O-])([O-])=S.[K+].[K+]. The third-order valence-corrected chi connectivity index (χ3v) is 0.766. The Hall–Kier alpha value is 3.30. The Balaban J connectivity index is -0.000000105. The zero-order valence-corrected chi connectivity index (χ0v) is 17.7. The first-order chi connectivity index (χ1) is 6.21. The molecule has 11 nitrogen and oxygen atoms in total. The summed E-state index contributed by atoms with van der Waals surface area (Å²) in [5.74, 6) is 0. The molecular weight excluding hydrogens is 382 g/mol. The second-order valence-corrected chi connectivity index (χ2v) is 5.42. The van der Waals surface area contributed by atoms with Crippen molar-refractivity contribution in [1.82, 2.24) is 0 Å². The summed E-state index contributed by atoms with van der Waals surface area (Å²) < 4.78 is 85.5. The Morgan fingerprint density at radius 2 is 0.941 bits per heavy atom. The Morgan fingerprint density at radius 1 is 0.824 bits per heavy atom. The van der Waals surface area contributed by atoms with Crippen LogP contribution in [0.5, 0.6) is 0 Å². The Kier molecular flexibility index (Phi) is 19.9. The van der Waals surface area contributed by atoms with Gasteiger partial charge in [0.05, 0.1) is 0 Å². The van der Waals surface area contributed by atoms with Crippen molar-refractivity contribution in [3.63, 3.8) is 0 Å². The van der Waals surface area contributed by atoms with Crippen molar-refractivity contribution in [1.29, 1.82) is 0 Å². The van der Waals surface area contributed by atoms with Gasteiger partial charge < -0.3 is 9.11 Å². The molecule has 0 amide bonds. The van der Waals surface area contributed by atoms with Crippen LogP contribution in [-0.2, 0) is 49.7 Å². The van der Waals surface area contributed by atoms with E-state index in [1.165, 1.54) is 0 Å². The fraction of sp³-hybridized carbons (Fsp3) is 0. The summed E-state index contributed by atoms with van der Waals surface area (Å²) >= 11 is 3.24. The van der Waals surface area contributed by atoms with Crippen molar-refractivity contribution in [2.45, 2.75) is 0 Å². The molecule has 17 heavy (non-hydrogen) atoms. The van der Waals surface area contributed by atoms with E-state index in [4.69, 9.17) is 22.4 Å². The molecule has 0 aromatic rings. The van der Waals surface area contributed by atoms with E-state index in [-0.39, 0.29) is 103 Å².